The molecule has 2 aromatic rings. The van der Waals surface area contributed by atoms with E-state index in [9.17, 15) is 15.0 Å². The van der Waals surface area contributed by atoms with E-state index in [1.807, 2.05) is 19.1 Å². The fraction of sp³-hybridized carbons (Fsp3) is 0.438. The van der Waals surface area contributed by atoms with Gasteiger partial charge in [0.15, 0.2) is 0 Å². The van der Waals surface area contributed by atoms with Crippen LogP contribution in [0.15, 0.2) is 27.4 Å². The van der Waals surface area contributed by atoms with E-state index in [0.717, 1.165) is 16.5 Å². The molecule has 21 heavy (non-hydrogen) atoms. The van der Waals surface area contributed by atoms with Gasteiger partial charge in [-0.3, -0.25) is 0 Å². The molecule has 0 amide bonds. The Kier molecular flexibility index (Phi) is 2.90. The second-order valence-electron chi connectivity index (χ2n) is 6.11. The molecule has 1 aromatic carbocycles. The highest BCUT2D eigenvalue weighted by molar-refractivity contribution is 5.85. The summed E-state index contributed by atoms with van der Waals surface area (Å²) in [5, 5.41) is 20.6. The third-order valence-electron chi connectivity index (χ3n) is 4.48. The molecule has 1 aliphatic rings. The van der Waals surface area contributed by atoms with Crippen molar-refractivity contribution in [1.82, 2.24) is 0 Å². The molecule has 0 saturated heterocycles. The van der Waals surface area contributed by atoms with Crippen LogP contribution < -0.4 is 10.4 Å². The van der Waals surface area contributed by atoms with Crippen molar-refractivity contribution in [3.8, 4) is 5.75 Å². The van der Waals surface area contributed by atoms with Crippen LogP contribution in [0.1, 0.15) is 25.0 Å². The first-order chi connectivity index (χ1) is 9.77. The van der Waals surface area contributed by atoms with Gasteiger partial charge in [-0.25, -0.2) is 4.79 Å². The van der Waals surface area contributed by atoms with Gasteiger partial charge in [0.1, 0.15) is 22.5 Å². The minimum absolute atomic E-state index is 0.361. The zero-order chi connectivity index (χ0) is 15.4. The molecule has 0 fully saturated rings. The molecule has 1 aliphatic heterocycles. The summed E-state index contributed by atoms with van der Waals surface area (Å²) in [6.45, 7) is 4.70. The number of benzene rings is 1. The molecule has 2 unspecified atom stereocenters. The topological polar surface area (TPSA) is 79.9 Å². The SMILES string of the molecule is Cc1cc(=O)oc2c3c(ccc12)OC(C)(C(C)(O)CO)C3. The van der Waals surface area contributed by atoms with Crippen LogP contribution in [0.25, 0.3) is 11.0 Å². The highest BCUT2D eigenvalue weighted by Crippen LogP contribution is 2.43. The number of aliphatic hydroxyl groups is 2. The maximum absolute atomic E-state index is 11.6. The maximum Gasteiger partial charge on any atom is 0.336 e. The lowest BCUT2D eigenvalue weighted by Crippen LogP contribution is -2.55. The molecule has 2 atom stereocenters. The van der Waals surface area contributed by atoms with Crippen LogP contribution in [0.4, 0.5) is 0 Å². The number of aryl methyl sites for hydroxylation is 1. The van der Waals surface area contributed by atoms with E-state index in [-0.39, 0.29) is 0 Å². The summed E-state index contributed by atoms with van der Waals surface area (Å²) < 4.78 is 11.2. The molecule has 0 aliphatic carbocycles. The summed E-state index contributed by atoms with van der Waals surface area (Å²) in [6, 6.07) is 5.10. The van der Waals surface area contributed by atoms with Crippen molar-refractivity contribution in [3.05, 3.63) is 39.7 Å². The Bertz CT molecular complexity index is 774. The Balaban J connectivity index is 2.21. The van der Waals surface area contributed by atoms with Crippen molar-refractivity contribution in [2.75, 3.05) is 6.61 Å². The van der Waals surface area contributed by atoms with E-state index >= 15 is 0 Å². The average molecular weight is 290 g/mol. The van der Waals surface area contributed by atoms with E-state index in [1.54, 1.807) is 6.92 Å². The maximum atomic E-state index is 11.6. The van der Waals surface area contributed by atoms with Gasteiger partial charge in [-0.05, 0) is 38.5 Å². The largest absolute Gasteiger partial charge is 0.484 e. The molecule has 1 aromatic heterocycles. The summed E-state index contributed by atoms with van der Waals surface area (Å²) in [6.07, 6.45) is 0.361. The number of aliphatic hydroxyl groups excluding tert-OH is 1. The predicted octanol–water partition coefficient (Wildman–Crippen LogP) is 1.54. The quantitative estimate of drug-likeness (QED) is 0.820. The second kappa shape index (κ2) is 4.32. The highest BCUT2D eigenvalue weighted by Gasteiger charge is 2.50. The van der Waals surface area contributed by atoms with Crippen molar-refractivity contribution >= 4 is 11.0 Å². The Morgan fingerprint density at radius 2 is 2.14 bits per heavy atom. The van der Waals surface area contributed by atoms with Gasteiger partial charge in [-0.2, -0.15) is 0 Å². The highest BCUT2D eigenvalue weighted by atomic mass is 16.5. The molecule has 0 spiro atoms. The third kappa shape index (κ3) is 1.96. The van der Waals surface area contributed by atoms with E-state index in [1.165, 1.54) is 13.0 Å². The summed E-state index contributed by atoms with van der Waals surface area (Å²) in [4.78, 5) is 11.6. The average Bonchev–Trinajstić information content (AvgIpc) is 2.77. The zero-order valence-corrected chi connectivity index (χ0v) is 12.3. The molecule has 2 heterocycles. The van der Waals surface area contributed by atoms with Crippen LogP contribution in [0.5, 0.6) is 5.75 Å². The fourth-order valence-electron chi connectivity index (χ4n) is 2.77. The van der Waals surface area contributed by atoms with Gasteiger partial charge in [-0.15, -0.1) is 0 Å². The summed E-state index contributed by atoms with van der Waals surface area (Å²) in [5.74, 6) is 0.576. The van der Waals surface area contributed by atoms with Gasteiger partial charge in [0.2, 0.25) is 0 Å². The van der Waals surface area contributed by atoms with Gasteiger partial charge < -0.3 is 19.4 Å². The molecular formula is C16H18O5. The van der Waals surface area contributed by atoms with Crippen LogP contribution >= 0.6 is 0 Å². The Hall–Kier alpha value is -1.85. The van der Waals surface area contributed by atoms with Crippen LogP contribution in [0, 0.1) is 6.92 Å². The van der Waals surface area contributed by atoms with Gasteiger partial charge >= 0.3 is 5.63 Å². The standard InChI is InChI=1S/C16H18O5/c1-9-6-13(18)20-14-10(9)4-5-12-11(14)7-16(3,21-12)15(2,19)8-17/h4-6,17,19H,7-8H2,1-3H3. The van der Waals surface area contributed by atoms with E-state index in [0.29, 0.717) is 17.8 Å². The number of fused-ring (bicyclic) bond motifs is 3. The molecular weight excluding hydrogens is 272 g/mol. The molecule has 0 radical (unpaired) electrons. The fourth-order valence-corrected chi connectivity index (χ4v) is 2.77. The second-order valence-corrected chi connectivity index (χ2v) is 6.11. The van der Waals surface area contributed by atoms with Gasteiger partial charge in [-0.1, -0.05) is 0 Å². The van der Waals surface area contributed by atoms with Crippen LogP contribution in [-0.2, 0) is 6.42 Å². The lowest BCUT2D eigenvalue weighted by molar-refractivity contribution is -0.128. The summed E-state index contributed by atoms with van der Waals surface area (Å²) in [7, 11) is 0. The first-order valence-corrected chi connectivity index (χ1v) is 6.86. The van der Waals surface area contributed by atoms with Crippen LogP contribution in [-0.4, -0.2) is 28.0 Å². The Morgan fingerprint density at radius 1 is 1.43 bits per heavy atom. The first kappa shape index (κ1) is 14.1. The number of hydrogen-bond donors (Lipinski definition) is 2. The number of hydrogen-bond acceptors (Lipinski definition) is 5. The Labute approximate surface area is 121 Å². The number of ether oxygens (including phenoxy) is 1. The smallest absolute Gasteiger partial charge is 0.336 e. The summed E-state index contributed by atoms with van der Waals surface area (Å²) in [5.41, 5.74) is -0.689. The Morgan fingerprint density at radius 3 is 2.81 bits per heavy atom. The molecule has 112 valence electrons. The molecule has 5 heteroatoms. The monoisotopic (exact) mass is 290 g/mol. The van der Waals surface area contributed by atoms with E-state index in [4.69, 9.17) is 9.15 Å². The molecule has 0 bridgehead atoms. The first-order valence-electron chi connectivity index (χ1n) is 6.86. The molecule has 5 nitrogen and oxygen atoms in total. The van der Waals surface area contributed by atoms with Crippen molar-refractivity contribution < 1.29 is 19.4 Å². The van der Waals surface area contributed by atoms with Crippen LogP contribution in [0.3, 0.4) is 0 Å². The van der Waals surface area contributed by atoms with Crippen molar-refractivity contribution in [2.45, 2.75) is 38.4 Å². The van der Waals surface area contributed by atoms with Crippen molar-refractivity contribution in [2.24, 2.45) is 0 Å². The number of rotatable bonds is 2. The zero-order valence-electron chi connectivity index (χ0n) is 12.3. The normalized spacial score (nSPS) is 23.7. The molecule has 0 saturated carbocycles. The lowest BCUT2D eigenvalue weighted by atomic mass is 9.83. The molecule has 3 rings (SSSR count). The van der Waals surface area contributed by atoms with Crippen molar-refractivity contribution in [1.29, 1.82) is 0 Å². The minimum atomic E-state index is -1.40. The third-order valence-corrected chi connectivity index (χ3v) is 4.48. The lowest BCUT2D eigenvalue weighted by Gasteiger charge is -2.37. The van der Waals surface area contributed by atoms with Gasteiger partial charge in [0.25, 0.3) is 0 Å². The van der Waals surface area contributed by atoms with E-state index in [2.05, 4.69) is 0 Å². The van der Waals surface area contributed by atoms with Crippen LogP contribution in [0.2, 0.25) is 0 Å². The predicted molar refractivity (Wildman–Crippen MR) is 77.7 cm³/mol. The van der Waals surface area contributed by atoms with Crippen molar-refractivity contribution in [3.63, 3.8) is 0 Å². The van der Waals surface area contributed by atoms with Gasteiger partial charge in [0, 0.05) is 23.4 Å². The summed E-state index contributed by atoms with van der Waals surface area (Å²) >= 11 is 0. The molecule has 2 N–H and O–H groups in total. The van der Waals surface area contributed by atoms with E-state index < -0.39 is 23.4 Å². The van der Waals surface area contributed by atoms with Gasteiger partial charge in [0.05, 0.1) is 6.61 Å². The minimum Gasteiger partial charge on any atom is -0.484 e.